The van der Waals surface area contributed by atoms with Crippen molar-refractivity contribution in [3.05, 3.63) is 23.8 Å². The molecule has 2 rings (SSSR count). The van der Waals surface area contributed by atoms with Crippen molar-refractivity contribution in [1.82, 2.24) is 4.90 Å². The minimum Gasteiger partial charge on any atom is -0.398 e. The molecular weight excluding hydrogens is 262 g/mol. The molecule has 4 heteroatoms. The Hall–Kier alpha value is -1.55. The SMILES string of the molecule is CCc1ccc(NC(=O)C(CC)N2CCCCC2)cc1N. The summed E-state index contributed by atoms with van der Waals surface area (Å²) >= 11 is 0. The van der Waals surface area contributed by atoms with Crippen LogP contribution in [-0.2, 0) is 11.2 Å². The number of benzene rings is 1. The number of amides is 1. The van der Waals surface area contributed by atoms with Crippen LogP contribution < -0.4 is 11.1 Å². The smallest absolute Gasteiger partial charge is 0.241 e. The average Bonchev–Trinajstić information content (AvgIpc) is 2.49. The molecule has 0 spiro atoms. The minimum absolute atomic E-state index is 0.0302. The molecule has 116 valence electrons. The van der Waals surface area contributed by atoms with Gasteiger partial charge in [0.15, 0.2) is 0 Å². The second-order valence-corrected chi connectivity index (χ2v) is 5.78. The molecule has 1 aromatic carbocycles. The van der Waals surface area contributed by atoms with Gasteiger partial charge in [0.2, 0.25) is 5.91 Å². The van der Waals surface area contributed by atoms with Crippen molar-refractivity contribution in [2.24, 2.45) is 0 Å². The van der Waals surface area contributed by atoms with E-state index in [0.29, 0.717) is 0 Å². The molecule has 1 aromatic rings. The summed E-state index contributed by atoms with van der Waals surface area (Å²) in [6.07, 6.45) is 5.42. The molecule has 21 heavy (non-hydrogen) atoms. The number of anilines is 2. The first-order chi connectivity index (χ1) is 10.2. The van der Waals surface area contributed by atoms with Gasteiger partial charge in [-0.3, -0.25) is 9.69 Å². The Kier molecular flexibility index (Phi) is 5.62. The van der Waals surface area contributed by atoms with E-state index in [2.05, 4.69) is 24.1 Å². The van der Waals surface area contributed by atoms with E-state index < -0.39 is 0 Å². The Balaban J connectivity index is 2.03. The van der Waals surface area contributed by atoms with Crippen LogP contribution in [0.5, 0.6) is 0 Å². The van der Waals surface area contributed by atoms with E-state index in [9.17, 15) is 4.79 Å². The van der Waals surface area contributed by atoms with Crippen molar-refractivity contribution in [3.8, 4) is 0 Å². The molecule has 1 amide bonds. The molecule has 0 aliphatic carbocycles. The fourth-order valence-electron chi connectivity index (χ4n) is 3.06. The maximum absolute atomic E-state index is 12.5. The van der Waals surface area contributed by atoms with Crippen molar-refractivity contribution in [2.45, 2.75) is 52.0 Å². The Morgan fingerprint density at radius 3 is 2.57 bits per heavy atom. The van der Waals surface area contributed by atoms with E-state index >= 15 is 0 Å². The maximum Gasteiger partial charge on any atom is 0.241 e. The van der Waals surface area contributed by atoms with Crippen LogP contribution in [-0.4, -0.2) is 29.9 Å². The molecule has 0 aromatic heterocycles. The van der Waals surface area contributed by atoms with Gasteiger partial charge in [0, 0.05) is 11.4 Å². The van der Waals surface area contributed by atoms with Crippen molar-refractivity contribution >= 4 is 17.3 Å². The first kappa shape index (κ1) is 15.8. The first-order valence-corrected chi connectivity index (χ1v) is 8.09. The van der Waals surface area contributed by atoms with Crippen molar-refractivity contribution in [2.75, 3.05) is 24.1 Å². The number of hydrogen-bond donors (Lipinski definition) is 2. The molecule has 0 bridgehead atoms. The van der Waals surface area contributed by atoms with Crippen molar-refractivity contribution in [3.63, 3.8) is 0 Å². The molecule has 1 heterocycles. The van der Waals surface area contributed by atoms with Gasteiger partial charge in [0.25, 0.3) is 0 Å². The van der Waals surface area contributed by atoms with Crippen LogP contribution >= 0.6 is 0 Å². The molecule has 1 aliphatic rings. The van der Waals surface area contributed by atoms with Gasteiger partial charge in [-0.15, -0.1) is 0 Å². The monoisotopic (exact) mass is 289 g/mol. The van der Waals surface area contributed by atoms with Crippen LogP contribution in [0.4, 0.5) is 11.4 Å². The van der Waals surface area contributed by atoms with Gasteiger partial charge >= 0.3 is 0 Å². The standard InChI is InChI=1S/C17H27N3O/c1-3-13-8-9-14(12-15(13)18)19-17(21)16(4-2)20-10-6-5-7-11-20/h8-9,12,16H,3-7,10-11,18H2,1-2H3,(H,19,21). The highest BCUT2D eigenvalue weighted by Gasteiger charge is 2.25. The van der Waals surface area contributed by atoms with Gasteiger partial charge in [-0.2, -0.15) is 0 Å². The second-order valence-electron chi connectivity index (χ2n) is 5.78. The van der Waals surface area contributed by atoms with E-state index in [-0.39, 0.29) is 11.9 Å². The number of carbonyl (C=O) groups is 1. The Bertz CT molecular complexity index is 481. The third-order valence-electron chi connectivity index (χ3n) is 4.32. The van der Waals surface area contributed by atoms with Gasteiger partial charge < -0.3 is 11.1 Å². The number of nitrogens with zero attached hydrogens (tertiary/aromatic N) is 1. The van der Waals surface area contributed by atoms with E-state index in [4.69, 9.17) is 5.73 Å². The van der Waals surface area contributed by atoms with Gasteiger partial charge in [-0.05, 0) is 56.5 Å². The van der Waals surface area contributed by atoms with Crippen LogP contribution in [0.25, 0.3) is 0 Å². The van der Waals surface area contributed by atoms with Gasteiger partial charge in [-0.1, -0.05) is 26.3 Å². The fourth-order valence-corrected chi connectivity index (χ4v) is 3.06. The number of piperidine rings is 1. The zero-order valence-electron chi connectivity index (χ0n) is 13.2. The number of aryl methyl sites for hydroxylation is 1. The number of likely N-dealkylation sites (tertiary alicyclic amines) is 1. The zero-order chi connectivity index (χ0) is 15.2. The maximum atomic E-state index is 12.5. The molecule has 1 unspecified atom stereocenters. The summed E-state index contributed by atoms with van der Waals surface area (Å²) < 4.78 is 0. The predicted molar refractivity (Wildman–Crippen MR) is 88.4 cm³/mol. The lowest BCUT2D eigenvalue weighted by Crippen LogP contribution is -2.46. The second kappa shape index (κ2) is 7.46. The third-order valence-corrected chi connectivity index (χ3v) is 4.32. The third kappa shape index (κ3) is 3.97. The van der Waals surface area contributed by atoms with E-state index in [1.54, 1.807) is 0 Å². The van der Waals surface area contributed by atoms with Crippen LogP contribution in [0.15, 0.2) is 18.2 Å². The molecule has 4 nitrogen and oxygen atoms in total. The number of rotatable bonds is 5. The Morgan fingerprint density at radius 2 is 2.00 bits per heavy atom. The topological polar surface area (TPSA) is 58.4 Å². The highest BCUT2D eigenvalue weighted by Crippen LogP contribution is 2.20. The lowest BCUT2D eigenvalue weighted by Gasteiger charge is -2.33. The lowest BCUT2D eigenvalue weighted by atomic mass is 10.1. The Morgan fingerprint density at radius 1 is 1.29 bits per heavy atom. The molecule has 3 N–H and O–H groups in total. The number of nitrogen functional groups attached to an aromatic ring is 1. The quantitative estimate of drug-likeness (QED) is 0.819. The van der Waals surface area contributed by atoms with Gasteiger partial charge in [-0.25, -0.2) is 0 Å². The van der Waals surface area contributed by atoms with Crippen molar-refractivity contribution < 1.29 is 4.79 Å². The van der Waals surface area contributed by atoms with Crippen LogP contribution in [0, 0.1) is 0 Å². The highest BCUT2D eigenvalue weighted by molar-refractivity contribution is 5.95. The van der Waals surface area contributed by atoms with Gasteiger partial charge in [0.05, 0.1) is 6.04 Å². The average molecular weight is 289 g/mol. The summed E-state index contributed by atoms with van der Waals surface area (Å²) in [4.78, 5) is 14.8. The summed E-state index contributed by atoms with van der Waals surface area (Å²) in [5.74, 6) is 0.0862. The Labute approximate surface area is 127 Å². The molecule has 1 atom stereocenters. The summed E-state index contributed by atoms with van der Waals surface area (Å²) in [7, 11) is 0. The number of nitrogens with one attached hydrogen (secondary N) is 1. The van der Waals surface area contributed by atoms with E-state index in [1.807, 2.05) is 18.2 Å². The van der Waals surface area contributed by atoms with E-state index in [0.717, 1.165) is 42.9 Å². The number of hydrogen-bond acceptors (Lipinski definition) is 3. The minimum atomic E-state index is -0.0302. The van der Waals surface area contributed by atoms with E-state index in [1.165, 1.54) is 19.3 Å². The normalized spacial score (nSPS) is 17.4. The molecule has 0 radical (unpaired) electrons. The molecule has 1 saturated heterocycles. The summed E-state index contributed by atoms with van der Waals surface area (Å²) in [5.41, 5.74) is 8.67. The summed E-state index contributed by atoms with van der Waals surface area (Å²) in [6, 6.07) is 5.76. The number of nitrogens with two attached hydrogens (primary N) is 1. The highest BCUT2D eigenvalue weighted by atomic mass is 16.2. The summed E-state index contributed by atoms with van der Waals surface area (Å²) in [6.45, 7) is 6.21. The number of carbonyl (C=O) groups excluding carboxylic acids is 1. The van der Waals surface area contributed by atoms with Crippen LogP contribution in [0.3, 0.4) is 0 Å². The molecule has 1 aliphatic heterocycles. The first-order valence-electron chi connectivity index (χ1n) is 8.09. The molecular formula is C17H27N3O. The largest absolute Gasteiger partial charge is 0.398 e. The van der Waals surface area contributed by atoms with Crippen LogP contribution in [0.2, 0.25) is 0 Å². The molecule has 1 fully saturated rings. The summed E-state index contributed by atoms with van der Waals surface area (Å²) in [5, 5.41) is 3.02. The molecule has 0 saturated carbocycles. The zero-order valence-corrected chi connectivity index (χ0v) is 13.2. The van der Waals surface area contributed by atoms with Crippen LogP contribution in [0.1, 0.15) is 45.1 Å². The lowest BCUT2D eigenvalue weighted by molar-refractivity contribution is -0.121. The predicted octanol–water partition coefficient (Wildman–Crippen LogP) is 3.03. The van der Waals surface area contributed by atoms with Crippen molar-refractivity contribution in [1.29, 1.82) is 0 Å². The van der Waals surface area contributed by atoms with Gasteiger partial charge in [0.1, 0.15) is 0 Å². The fraction of sp³-hybridized carbons (Fsp3) is 0.588.